The second-order valence-corrected chi connectivity index (χ2v) is 6.50. The lowest BCUT2D eigenvalue weighted by Crippen LogP contribution is -2.43. The number of nitrogens with zero attached hydrogens (tertiary/aromatic N) is 2. The lowest BCUT2D eigenvalue weighted by atomic mass is 10.0. The molecule has 2 aromatic rings. The number of ether oxygens (including phenoxy) is 1. The molecule has 4 nitrogen and oxygen atoms in total. The van der Waals surface area contributed by atoms with Crippen molar-refractivity contribution in [2.75, 3.05) is 13.7 Å². The maximum absolute atomic E-state index is 12.5. The highest BCUT2D eigenvalue weighted by molar-refractivity contribution is 7.18. The van der Waals surface area contributed by atoms with Gasteiger partial charge in [-0.05, 0) is 38.3 Å². The van der Waals surface area contributed by atoms with Gasteiger partial charge in [-0.15, -0.1) is 11.3 Å². The van der Waals surface area contributed by atoms with Crippen molar-refractivity contribution in [1.82, 2.24) is 9.88 Å². The maximum Gasteiger partial charge on any atom is 0.251 e. The summed E-state index contributed by atoms with van der Waals surface area (Å²) in [6.07, 6.45) is 2.80. The van der Waals surface area contributed by atoms with Crippen LogP contribution in [0, 0.1) is 0 Å². The van der Waals surface area contributed by atoms with Crippen molar-refractivity contribution in [3.8, 4) is 0 Å². The van der Waals surface area contributed by atoms with E-state index >= 15 is 0 Å². The molecule has 0 radical (unpaired) electrons. The van der Waals surface area contributed by atoms with Gasteiger partial charge in [-0.1, -0.05) is 12.1 Å². The Kier molecular flexibility index (Phi) is 4.22. The molecular formula is C16H20N2O2S. The molecular weight excluding hydrogens is 284 g/mol. The molecule has 0 saturated carbocycles. The summed E-state index contributed by atoms with van der Waals surface area (Å²) in [6.45, 7) is 2.61. The highest BCUT2D eigenvalue weighted by Crippen LogP contribution is 2.35. The molecule has 3 rings (SSSR count). The number of piperidine rings is 1. The summed E-state index contributed by atoms with van der Waals surface area (Å²) in [6, 6.07) is 8.25. The zero-order chi connectivity index (χ0) is 14.8. The number of thiazole rings is 1. The number of amides is 1. The normalized spacial score (nSPS) is 20.7. The number of carbonyl (C=O) groups is 1. The highest BCUT2D eigenvalue weighted by atomic mass is 32.1. The maximum atomic E-state index is 12.5. The smallest absolute Gasteiger partial charge is 0.251 e. The first-order valence-corrected chi connectivity index (χ1v) is 8.21. The predicted molar refractivity (Wildman–Crippen MR) is 84.4 cm³/mol. The van der Waals surface area contributed by atoms with Crippen molar-refractivity contribution in [1.29, 1.82) is 0 Å². The Hall–Kier alpha value is -1.46. The quantitative estimate of drug-likeness (QED) is 0.873. The SMILES string of the molecule is CO[C@@H](C)C(=O)N1CCCC[C@@H]1c1nc2ccccc2s1. The Morgan fingerprint density at radius 2 is 2.24 bits per heavy atom. The first kappa shape index (κ1) is 14.5. The van der Waals surface area contributed by atoms with Crippen LogP contribution < -0.4 is 0 Å². The predicted octanol–water partition coefficient (Wildman–Crippen LogP) is 3.38. The topological polar surface area (TPSA) is 42.4 Å². The van der Waals surface area contributed by atoms with Crippen LogP contribution >= 0.6 is 11.3 Å². The minimum Gasteiger partial charge on any atom is -0.372 e. The lowest BCUT2D eigenvalue weighted by Gasteiger charge is -2.35. The number of methoxy groups -OCH3 is 1. The van der Waals surface area contributed by atoms with Crippen molar-refractivity contribution in [3.05, 3.63) is 29.3 Å². The van der Waals surface area contributed by atoms with E-state index in [1.807, 2.05) is 30.0 Å². The third-order valence-electron chi connectivity index (χ3n) is 4.08. The molecule has 1 fully saturated rings. The molecule has 1 aliphatic heterocycles. The molecule has 1 aromatic heterocycles. The van der Waals surface area contributed by atoms with Gasteiger partial charge in [0.2, 0.25) is 0 Å². The van der Waals surface area contributed by atoms with E-state index < -0.39 is 0 Å². The van der Waals surface area contributed by atoms with E-state index in [9.17, 15) is 4.79 Å². The summed E-state index contributed by atoms with van der Waals surface area (Å²) in [5, 5.41) is 1.05. The van der Waals surface area contributed by atoms with Gasteiger partial charge in [0.15, 0.2) is 0 Å². The second kappa shape index (κ2) is 6.12. The van der Waals surface area contributed by atoms with Gasteiger partial charge >= 0.3 is 0 Å². The van der Waals surface area contributed by atoms with Crippen molar-refractivity contribution in [2.24, 2.45) is 0 Å². The number of benzene rings is 1. The summed E-state index contributed by atoms with van der Waals surface area (Å²) in [5.41, 5.74) is 1.02. The van der Waals surface area contributed by atoms with Crippen LogP contribution in [0.1, 0.15) is 37.2 Å². The Morgan fingerprint density at radius 3 is 3.00 bits per heavy atom. The Balaban J connectivity index is 1.91. The van der Waals surface area contributed by atoms with Gasteiger partial charge in [-0.2, -0.15) is 0 Å². The summed E-state index contributed by atoms with van der Waals surface area (Å²) < 4.78 is 6.39. The molecule has 5 heteroatoms. The Morgan fingerprint density at radius 1 is 1.43 bits per heavy atom. The average molecular weight is 304 g/mol. The molecule has 1 aromatic carbocycles. The highest BCUT2D eigenvalue weighted by Gasteiger charge is 2.32. The minimum absolute atomic E-state index is 0.0708. The summed E-state index contributed by atoms with van der Waals surface area (Å²) >= 11 is 1.70. The number of aromatic nitrogens is 1. The van der Waals surface area contributed by atoms with Gasteiger partial charge < -0.3 is 9.64 Å². The summed E-state index contributed by atoms with van der Waals surface area (Å²) in [7, 11) is 1.58. The van der Waals surface area contributed by atoms with Crippen LogP contribution in [0.4, 0.5) is 0 Å². The first-order chi connectivity index (χ1) is 10.2. The van der Waals surface area contributed by atoms with Crippen molar-refractivity contribution >= 4 is 27.5 Å². The number of para-hydroxylation sites is 1. The molecule has 0 spiro atoms. The number of rotatable bonds is 3. The first-order valence-electron chi connectivity index (χ1n) is 7.39. The van der Waals surface area contributed by atoms with Crippen LogP contribution in [0.5, 0.6) is 0 Å². The summed E-state index contributed by atoms with van der Waals surface area (Å²) in [5.74, 6) is 0.0708. The van der Waals surface area contributed by atoms with Crippen LogP contribution in [0.15, 0.2) is 24.3 Å². The molecule has 1 aliphatic rings. The minimum atomic E-state index is -0.389. The van der Waals surface area contributed by atoms with Crippen molar-refractivity contribution in [3.63, 3.8) is 0 Å². The summed E-state index contributed by atoms with van der Waals surface area (Å²) in [4.78, 5) is 19.2. The molecule has 1 amide bonds. The van der Waals surface area contributed by atoms with Gasteiger partial charge in [-0.3, -0.25) is 4.79 Å². The Bertz CT molecular complexity index is 607. The molecule has 2 heterocycles. The van der Waals surface area contributed by atoms with E-state index in [-0.39, 0.29) is 18.1 Å². The van der Waals surface area contributed by atoms with E-state index in [4.69, 9.17) is 9.72 Å². The largest absolute Gasteiger partial charge is 0.372 e. The van der Waals surface area contributed by atoms with E-state index in [1.54, 1.807) is 18.4 Å². The van der Waals surface area contributed by atoms with Gasteiger partial charge in [0.05, 0.1) is 16.3 Å². The molecule has 1 saturated heterocycles. The number of carbonyl (C=O) groups excluding carboxylic acids is 1. The van der Waals surface area contributed by atoms with Crippen LogP contribution in [-0.4, -0.2) is 35.5 Å². The van der Waals surface area contributed by atoms with E-state index in [1.165, 1.54) is 4.70 Å². The monoisotopic (exact) mass is 304 g/mol. The Labute approximate surface area is 128 Å². The molecule has 0 bridgehead atoms. The van der Waals surface area contributed by atoms with Crippen LogP contribution in [0.3, 0.4) is 0 Å². The standard InChI is InChI=1S/C16H20N2O2S/c1-11(20-2)16(19)18-10-6-5-8-13(18)15-17-12-7-3-4-9-14(12)21-15/h3-4,7,9,11,13H,5-6,8,10H2,1-2H3/t11-,13+/m0/s1. The number of hydrogen-bond donors (Lipinski definition) is 0. The molecule has 0 unspecified atom stereocenters. The molecule has 2 atom stereocenters. The number of likely N-dealkylation sites (tertiary alicyclic amines) is 1. The van der Waals surface area contributed by atoms with Crippen LogP contribution in [0.25, 0.3) is 10.2 Å². The van der Waals surface area contributed by atoms with Gasteiger partial charge in [-0.25, -0.2) is 4.98 Å². The average Bonchev–Trinajstić information content (AvgIpc) is 2.97. The van der Waals surface area contributed by atoms with Crippen LogP contribution in [-0.2, 0) is 9.53 Å². The third kappa shape index (κ3) is 2.80. The zero-order valence-corrected chi connectivity index (χ0v) is 13.2. The van der Waals surface area contributed by atoms with Crippen molar-refractivity contribution in [2.45, 2.75) is 38.3 Å². The molecule has 112 valence electrons. The van der Waals surface area contributed by atoms with Gasteiger partial charge in [0, 0.05) is 13.7 Å². The molecule has 0 N–H and O–H groups in total. The lowest BCUT2D eigenvalue weighted by molar-refractivity contribution is -0.145. The van der Waals surface area contributed by atoms with Crippen molar-refractivity contribution < 1.29 is 9.53 Å². The fourth-order valence-electron chi connectivity index (χ4n) is 2.82. The third-order valence-corrected chi connectivity index (χ3v) is 5.22. The van der Waals surface area contributed by atoms with Gasteiger partial charge in [0.25, 0.3) is 5.91 Å². The number of hydrogen-bond acceptors (Lipinski definition) is 4. The molecule has 21 heavy (non-hydrogen) atoms. The van der Waals surface area contributed by atoms with Gasteiger partial charge in [0.1, 0.15) is 11.1 Å². The number of fused-ring (bicyclic) bond motifs is 1. The fraction of sp³-hybridized carbons (Fsp3) is 0.500. The zero-order valence-electron chi connectivity index (χ0n) is 12.4. The fourth-order valence-corrected chi connectivity index (χ4v) is 3.93. The van der Waals surface area contributed by atoms with E-state index in [0.29, 0.717) is 0 Å². The second-order valence-electron chi connectivity index (χ2n) is 5.44. The van der Waals surface area contributed by atoms with E-state index in [0.717, 1.165) is 36.3 Å². The van der Waals surface area contributed by atoms with Crippen LogP contribution in [0.2, 0.25) is 0 Å². The molecule has 0 aliphatic carbocycles. The van der Waals surface area contributed by atoms with E-state index in [2.05, 4.69) is 6.07 Å².